The summed E-state index contributed by atoms with van der Waals surface area (Å²) >= 11 is 13.0. The van der Waals surface area contributed by atoms with Crippen molar-refractivity contribution in [1.29, 1.82) is 0 Å². The molecular formula is C15H14Br2ClNO. The average Bonchev–Trinajstić information content (AvgIpc) is 2.37. The second-order valence-electron chi connectivity index (χ2n) is 4.48. The fraction of sp³-hybridized carbons (Fsp3) is 0.200. The first-order valence-electron chi connectivity index (χ1n) is 6.03. The molecule has 20 heavy (non-hydrogen) atoms. The lowest BCUT2D eigenvalue weighted by Crippen LogP contribution is -2.13. The van der Waals surface area contributed by atoms with Crippen LogP contribution >= 0.6 is 43.5 Å². The zero-order valence-corrected chi connectivity index (χ0v) is 14.8. The third kappa shape index (κ3) is 3.98. The van der Waals surface area contributed by atoms with Gasteiger partial charge in [-0.2, -0.15) is 0 Å². The van der Waals surface area contributed by atoms with Crippen LogP contribution in [0.1, 0.15) is 17.2 Å². The molecule has 1 unspecified atom stereocenters. The molecule has 0 saturated carbocycles. The molecule has 2 N–H and O–H groups in total. The maximum atomic E-state index is 6.26. The van der Waals surface area contributed by atoms with Crippen molar-refractivity contribution < 1.29 is 4.74 Å². The van der Waals surface area contributed by atoms with Crippen LogP contribution in [0.3, 0.4) is 0 Å². The fourth-order valence-corrected chi connectivity index (χ4v) is 3.47. The van der Waals surface area contributed by atoms with Gasteiger partial charge >= 0.3 is 0 Å². The van der Waals surface area contributed by atoms with E-state index in [0.29, 0.717) is 5.02 Å². The molecule has 0 aliphatic heterocycles. The lowest BCUT2D eigenvalue weighted by atomic mass is 10.00. The van der Waals surface area contributed by atoms with Crippen LogP contribution < -0.4 is 10.5 Å². The zero-order chi connectivity index (χ0) is 14.7. The highest BCUT2D eigenvalue weighted by Crippen LogP contribution is 2.29. The lowest BCUT2D eigenvalue weighted by molar-refractivity contribution is 0.412. The minimum Gasteiger partial charge on any atom is -0.496 e. The SMILES string of the molecule is COc1ccc(CC(N)c2cc(Cl)cc(Br)c2)cc1Br. The van der Waals surface area contributed by atoms with Crippen LogP contribution in [0.4, 0.5) is 0 Å². The van der Waals surface area contributed by atoms with Crippen molar-refractivity contribution in [3.8, 4) is 5.75 Å². The molecule has 2 aromatic rings. The highest BCUT2D eigenvalue weighted by molar-refractivity contribution is 9.10. The number of nitrogens with two attached hydrogens (primary N) is 1. The summed E-state index contributed by atoms with van der Waals surface area (Å²) in [6.07, 6.45) is 0.732. The lowest BCUT2D eigenvalue weighted by Gasteiger charge is -2.14. The molecule has 0 bridgehead atoms. The monoisotopic (exact) mass is 417 g/mol. The van der Waals surface area contributed by atoms with Gasteiger partial charge in [0.1, 0.15) is 5.75 Å². The van der Waals surface area contributed by atoms with Crippen molar-refractivity contribution in [3.05, 3.63) is 61.5 Å². The second-order valence-corrected chi connectivity index (χ2v) is 6.69. The summed E-state index contributed by atoms with van der Waals surface area (Å²) in [4.78, 5) is 0. The van der Waals surface area contributed by atoms with Gasteiger partial charge < -0.3 is 10.5 Å². The number of hydrogen-bond donors (Lipinski definition) is 1. The fourth-order valence-electron chi connectivity index (χ4n) is 2.00. The molecule has 0 heterocycles. The number of methoxy groups -OCH3 is 1. The topological polar surface area (TPSA) is 35.2 Å². The zero-order valence-electron chi connectivity index (χ0n) is 10.9. The van der Waals surface area contributed by atoms with E-state index in [0.717, 1.165) is 32.2 Å². The largest absolute Gasteiger partial charge is 0.496 e. The molecule has 0 fully saturated rings. The molecule has 106 valence electrons. The molecular weight excluding hydrogens is 405 g/mol. The van der Waals surface area contributed by atoms with E-state index in [1.54, 1.807) is 7.11 Å². The quantitative estimate of drug-likeness (QED) is 0.747. The number of halogens is 3. The summed E-state index contributed by atoms with van der Waals surface area (Å²) < 4.78 is 7.08. The predicted molar refractivity (Wildman–Crippen MR) is 90.5 cm³/mol. The molecule has 5 heteroatoms. The smallest absolute Gasteiger partial charge is 0.133 e. The Morgan fingerprint density at radius 3 is 2.55 bits per heavy atom. The Morgan fingerprint density at radius 2 is 1.95 bits per heavy atom. The van der Waals surface area contributed by atoms with Crippen LogP contribution in [0.25, 0.3) is 0 Å². The molecule has 0 saturated heterocycles. The number of rotatable bonds is 4. The molecule has 2 aromatic carbocycles. The number of hydrogen-bond acceptors (Lipinski definition) is 2. The van der Waals surface area contributed by atoms with E-state index in [9.17, 15) is 0 Å². The van der Waals surface area contributed by atoms with Crippen molar-refractivity contribution in [1.82, 2.24) is 0 Å². The molecule has 0 aliphatic rings. The third-order valence-corrected chi connectivity index (χ3v) is 4.28. The van der Waals surface area contributed by atoms with Crippen LogP contribution in [-0.2, 0) is 6.42 Å². The van der Waals surface area contributed by atoms with E-state index in [-0.39, 0.29) is 6.04 Å². The van der Waals surface area contributed by atoms with Crippen molar-refractivity contribution in [3.63, 3.8) is 0 Å². The molecule has 0 aliphatic carbocycles. The van der Waals surface area contributed by atoms with E-state index in [1.165, 1.54) is 0 Å². The molecule has 2 rings (SSSR count). The Labute approximate surface area is 140 Å². The predicted octanol–water partition coefficient (Wildman–Crippen LogP) is 5.12. The normalized spacial score (nSPS) is 12.2. The van der Waals surface area contributed by atoms with Crippen LogP contribution in [-0.4, -0.2) is 7.11 Å². The average molecular weight is 420 g/mol. The summed E-state index contributed by atoms with van der Waals surface area (Å²) in [5, 5.41) is 0.681. The van der Waals surface area contributed by atoms with Gasteiger partial charge in [0.25, 0.3) is 0 Å². The summed E-state index contributed by atoms with van der Waals surface area (Å²) in [7, 11) is 1.65. The minimum absolute atomic E-state index is 0.106. The first-order chi connectivity index (χ1) is 9.49. The standard InChI is InChI=1S/C15H14Br2ClNO/c1-20-15-3-2-9(4-13(15)17)5-14(19)10-6-11(16)8-12(18)7-10/h2-4,6-8,14H,5,19H2,1H3. The number of ether oxygens (including phenoxy) is 1. The van der Waals surface area contributed by atoms with Gasteiger partial charge in [0.15, 0.2) is 0 Å². The summed E-state index contributed by atoms with van der Waals surface area (Å²) in [6, 6.07) is 11.6. The molecule has 1 atom stereocenters. The summed E-state index contributed by atoms with van der Waals surface area (Å²) in [5.41, 5.74) is 8.41. The Kier molecular flexibility index (Phi) is 5.49. The van der Waals surface area contributed by atoms with Gasteiger partial charge in [-0.3, -0.25) is 0 Å². The van der Waals surface area contributed by atoms with Crippen molar-refractivity contribution in [2.45, 2.75) is 12.5 Å². The van der Waals surface area contributed by atoms with Gasteiger partial charge in [-0.05, 0) is 63.8 Å². The number of benzene rings is 2. The first kappa shape index (κ1) is 15.8. The van der Waals surface area contributed by atoms with Crippen LogP contribution in [0, 0.1) is 0 Å². The Bertz CT molecular complexity index is 599. The van der Waals surface area contributed by atoms with Gasteiger partial charge in [0.2, 0.25) is 0 Å². The van der Waals surface area contributed by atoms with Crippen molar-refractivity contribution >= 4 is 43.5 Å². The van der Waals surface area contributed by atoms with Gasteiger partial charge in [-0.1, -0.05) is 33.6 Å². The molecule has 0 aromatic heterocycles. The molecule has 0 radical (unpaired) electrons. The van der Waals surface area contributed by atoms with E-state index in [1.807, 2.05) is 36.4 Å². The maximum Gasteiger partial charge on any atom is 0.133 e. The molecule has 0 spiro atoms. The summed E-state index contributed by atoms with van der Waals surface area (Å²) in [5.74, 6) is 0.813. The van der Waals surface area contributed by atoms with Crippen molar-refractivity contribution in [2.24, 2.45) is 5.73 Å². The highest BCUT2D eigenvalue weighted by Gasteiger charge is 2.10. The Hall–Kier alpha value is -0.550. The van der Waals surface area contributed by atoms with E-state index >= 15 is 0 Å². The van der Waals surface area contributed by atoms with Gasteiger partial charge in [0, 0.05) is 15.5 Å². The van der Waals surface area contributed by atoms with Crippen molar-refractivity contribution in [2.75, 3.05) is 7.11 Å². The maximum absolute atomic E-state index is 6.26. The van der Waals surface area contributed by atoms with E-state index in [2.05, 4.69) is 31.9 Å². The van der Waals surface area contributed by atoms with Gasteiger partial charge in [-0.25, -0.2) is 0 Å². The summed E-state index contributed by atoms with van der Waals surface area (Å²) in [6.45, 7) is 0. The van der Waals surface area contributed by atoms with E-state index in [4.69, 9.17) is 22.1 Å². The third-order valence-electron chi connectivity index (χ3n) is 2.98. The Morgan fingerprint density at radius 1 is 1.20 bits per heavy atom. The second kappa shape index (κ2) is 6.94. The first-order valence-corrected chi connectivity index (χ1v) is 8.00. The van der Waals surface area contributed by atoms with Gasteiger partial charge in [-0.15, -0.1) is 0 Å². The van der Waals surface area contributed by atoms with Crippen LogP contribution in [0.2, 0.25) is 5.02 Å². The molecule has 2 nitrogen and oxygen atoms in total. The Balaban J connectivity index is 2.18. The van der Waals surface area contributed by atoms with E-state index < -0.39 is 0 Å². The van der Waals surface area contributed by atoms with Crippen LogP contribution in [0.5, 0.6) is 5.75 Å². The van der Waals surface area contributed by atoms with Crippen LogP contribution in [0.15, 0.2) is 45.3 Å². The minimum atomic E-state index is -0.106. The van der Waals surface area contributed by atoms with Gasteiger partial charge in [0.05, 0.1) is 11.6 Å². The highest BCUT2D eigenvalue weighted by atomic mass is 79.9. The molecule has 0 amide bonds.